The Hall–Kier alpha value is -3.04. The molecule has 0 unspecified atom stereocenters. The Morgan fingerprint density at radius 2 is 1.57 bits per heavy atom. The number of hydrogen-bond donors (Lipinski definition) is 2. The van der Waals surface area contributed by atoms with Crippen LogP contribution in [0.2, 0.25) is 5.02 Å². The number of carbonyl (C=O) groups is 1. The Kier molecular flexibility index (Phi) is 4.84. The van der Waals surface area contributed by atoms with Crippen LogP contribution < -0.4 is 10.6 Å². The quantitative estimate of drug-likeness (QED) is 0.494. The van der Waals surface area contributed by atoms with E-state index < -0.39 is 0 Å². The van der Waals surface area contributed by atoms with Crippen molar-refractivity contribution in [3.8, 4) is 0 Å². The highest BCUT2D eigenvalue weighted by Gasteiger charge is 2.36. The summed E-state index contributed by atoms with van der Waals surface area (Å²) in [5.74, 6) is 0.334. The summed E-state index contributed by atoms with van der Waals surface area (Å²) in [5.41, 5.74) is 7.09. The normalized spacial score (nSPS) is 20.5. The van der Waals surface area contributed by atoms with Gasteiger partial charge >= 0.3 is 0 Å². The number of aryl methyl sites for hydroxylation is 1. The fourth-order valence-electron chi connectivity index (χ4n) is 4.51. The SMILES string of the molecule is Cc1ccc([C@@H]2CC(=O)C3=C(C2)Nc2ccccc2N[C@H]3c2ccccc2Cl)cc1. The second-order valence-electron chi connectivity index (χ2n) is 8.10. The lowest BCUT2D eigenvalue weighted by Crippen LogP contribution is -2.27. The third-order valence-electron chi connectivity index (χ3n) is 6.07. The van der Waals surface area contributed by atoms with Gasteiger partial charge in [0, 0.05) is 22.7 Å². The Bertz CT molecular complexity index is 1150. The smallest absolute Gasteiger partial charge is 0.163 e. The van der Waals surface area contributed by atoms with E-state index in [2.05, 4.69) is 41.8 Å². The Labute approximate surface area is 181 Å². The maximum absolute atomic E-state index is 13.5. The molecule has 3 aromatic carbocycles. The van der Waals surface area contributed by atoms with E-state index in [4.69, 9.17) is 11.6 Å². The van der Waals surface area contributed by atoms with Crippen molar-refractivity contribution in [2.24, 2.45) is 0 Å². The van der Waals surface area contributed by atoms with E-state index in [1.807, 2.05) is 48.5 Å². The minimum Gasteiger partial charge on any atom is -0.372 e. The average Bonchev–Trinajstić information content (AvgIpc) is 2.91. The molecule has 1 aliphatic carbocycles. The summed E-state index contributed by atoms with van der Waals surface area (Å²) in [6.07, 6.45) is 1.30. The third-order valence-corrected chi connectivity index (χ3v) is 6.42. The molecule has 0 radical (unpaired) electrons. The summed E-state index contributed by atoms with van der Waals surface area (Å²) < 4.78 is 0. The molecule has 4 heteroatoms. The van der Waals surface area contributed by atoms with Gasteiger partial charge in [-0.3, -0.25) is 4.79 Å². The van der Waals surface area contributed by atoms with E-state index in [0.717, 1.165) is 34.6 Å². The van der Waals surface area contributed by atoms with Crippen LogP contribution in [0, 0.1) is 6.92 Å². The highest BCUT2D eigenvalue weighted by atomic mass is 35.5. The molecule has 0 saturated carbocycles. The van der Waals surface area contributed by atoms with Crippen LogP contribution in [0.25, 0.3) is 0 Å². The molecule has 0 bridgehead atoms. The number of para-hydroxylation sites is 2. The maximum Gasteiger partial charge on any atom is 0.163 e. The van der Waals surface area contributed by atoms with Crippen molar-refractivity contribution >= 4 is 28.8 Å². The second-order valence-corrected chi connectivity index (χ2v) is 8.51. The number of nitrogens with one attached hydrogen (secondary N) is 2. The summed E-state index contributed by atoms with van der Waals surface area (Å²) in [7, 11) is 0. The fourth-order valence-corrected chi connectivity index (χ4v) is 4.75. The van der Waals surface area contributed by atoms with Gasteiger partial charge in [0.15, 0.2) is 5.78 Å². The summed E-state index contributed by atoms with van der Waals surface area (Å²) in [6, 6.07) is 24.1. The summed E-state index contributed by atoms with van der Waals surface area (Å²) in [5, 5.41) is 7.82. The lowest BCUT2D eigenvalue weighted by atomic mass is 9.78. The molecule has 0 spiro atoms. The average molecular weight is 415 g/mol. The van der Waals surface area contributed by atoms with Crippen LogP contribution in [0.5, 0.6) is 0 Å². The summed E-state index contributed by atoms with van der Waals surface area (Å²) in [6.45, 7) is 2.08. The summed E-state index contributed by atoms with van der Waals surface area (Å²) >= 11 is 6.56. The van der Waals surface area contributed by atoms with Crippen molar-refractivity contribution in [3.63, 3.8) is 0 Å². The first-order valence-electron chi connectivity index (χ1n) is 10.3. The number of allylic oxidation sites excluding steroid dienone is 1. The predicted octanol–water partition coefficient (Wildman–Crippen LogP) is 6.63. The van der Waals surface area contributed by atoms with Crippen LogP contribution in [0.3, 0.4) is 0 Å². The fraction of sp³-hybridized carbons (Fsp3) is 0.192. The van der Waals surface area contributed by atoms with Gasteiger partial charge in [0.05, 0.1) is 17.4 Å². The molecule has 0 saturated heterocycles. The number of fused-ring (bicyclic) bond motifs is 1. The zero-order valence-corrected chi connectivity index (χ0v) is 17.5. The van der Waals surface area contributed by atoms with Gasteiger partial charge < -0.3 is 10.6 Å². The number of rotatable bonds is 2. The highest BCUT2D eigenvalue weighted by molar-refractivity contribution is 6.31. The van der Waals surface area contributed by atoms with E-state index >= 15 is 0 Å². The molecule has 0 aromatic heterocycles. The Morgan fingerprint density at radius 1 is 0.867 bits per heavy atom. The van der Waals surface area contributed by atoms with Crippen LogP contribution in [0.15, 0.2) is 84.1 Å². The van der Waals surface area contributed by atoms with Crippen LogP contribution in [-0.4, -0.2) is 5.78 Å². The van der Waals surface area contributed by atoms with Gasteiger partial charge in [-0.25, -0.2) is 0 Å². The molecular weight excluding hydrogens is 392 g/mol. The van der Waals surface area contributed by atoms with Crippen LogP contribution in [-0.2, 0) is 4.79 Å². The van der Waals surface area contributed by atoms with Crippen molar-refractivity contribution in [1.29, 1.82) is 0 Å². The van der Waals surface area contributed by atoms with E-state index in [-0.39, 0.29) is 17.7 Å². The number of ketones is 1. The van der Waals surface area contributed by atoms with Crippen LogP contribution in [0.1, 0.15) is 41.5 Å². The molecule has 3 aromatic rings. The van der Waals surface area contributed by atoms with Gasteiger partial charge in [0.25, 0.3) is 0 Å². The standard InChI is InChI=1S/C26H23ClN2O/c1-16-10-12-17(13-11-16)18-14-23-25(24(30)15-18)26(19-6-2-3-7-20(19)27)29-22-9-5-4-8-21(22)28-23/h2-13,18,26,28-29H,14-15H2,1H3/t18-,26-/m0/s1. The lowest BCUT2D eigenvalue weighted by Gasteiger charge is -2.30. The van der Waals surface area contributed by atoms with E-state index in [0.29, 0.717) is 11.4 Å². The number of benzene rings is 3. The largest absolute Gasteiger partial charge is 0.372 e. The third kappa shape index (κ3) is 3.40. The van der Waals surface area contributed by atoms with Gasteiger partial charge in [0.2, 0.25) is 0 Å². The molecule has 1 aliphatic heterocycles. The van der Waals surface area contributed by atoms with Crippen molar-refractivity contribution < 1.29 is 4.79 Å². The van der Waals surface area contributed by atoms with E-state index in [9.17, 15) is 4.79 Å². The number of Topliss-reactive ketones (excluding diaryl/α,β-unsaturated/α-hetero) is 1. The maximum atomic E-state index is 13.5. The first-order chi connectivity index (χ1) is 14.6. The van der Waals surface area contributed by atoms with Crippen molar-refractivity contribution in [3.05, 3.63) is 106 Å². The Morgan fingerprint density at radius 3 is 2.33 bits per heavy atom. The zero-order chi connectivity index (χ0) is 20.7. The van der Waals surface area contributed by atoms with Gasteiger partial charge in [-0.15, -0.1) is 0 Å². The molecule has 5 rings (SSSR count). The first-order valence-corrected chi connectivity index (χ1v) is 10.7. The number of halogens is 1. The van der Waals surface area contributed by atoms with Crippen LogP contribution >= 0.6 is 11.6 Å². The predicted molar refractivity (Wildman–Crippen MR) is 123 cm³/mol. The molecule has 2 N–H and O–H groups in total. The van der Waals surface area contributed by atoms with Crippen molar-refractivity contribution in [2.75, 3.05) is 10.6 Å². The van der Waals surface area contributed by atoms with Gasteiger partial charge in [-0.05, 0) is 48.6 Å². The number of hydrogen-bond acceptors (Lipinski definition) is 3. The molecular formula is C26H23ClN2O. The monoisotopic (exact) mass is 414 g/mol. The van der Waals surface area contributed by atoms with Crippen LogP contribution in [0.4, 0.5) is 11.4 Å². The molecule has 3 nitrogen and oxygen atoms in total. The zero-order valence-electron chi connectivity index (χ0n) is 16.8. The molecule has 30 heavy (non-hydrogen) atoms. The number of carbonyl (C=O) groups excluding carboxylic acids is 1. The van der Waals surface area contributed by atoms with E-state index in [1.165, 1.54) is 11.1 Å². The van der Waals surface area contributed by atoms with Crippen molar-refractivity contribution in [1.82, 2.24) is 0 Å². The molecule has 0 amide bonds. The molecule has 2 aliphatic rings. The first kappa shape index (κ1) is 19.0. The second kappa shape index (κ2) is 7.66. The number of anilines is 2. The van der Waals surface area contributed by atoms with E-state index in [1.54, 1.807) is 0 Å². The molecule has 0 fully saturated rings. The Balaban J connectivity index is 1.62. The van der Waals surface area contributed by atoms with Gasteiger partial charge in [-0.1, -0.05) is 71.8 Å². The minimum absolute atomic E-state index is 0.166. The van der Waals surface area contributed by atoms with Crippen molar-refractivity contribution in [2.45, 2.75) is 31.7 Å². The van der Waals surface area contributed by atoms with Gasteiger partial charge in [-0.2, -0.15) is 0 Å². The molecule has 1 heterocycles. The lowest BCUT2D eigenvalue weighted by molar-refractivity contribution is -0.116. The van der Waals surface area contributed by atoms with Gasteiger partial charge in [0.1, 0.15) is 0 Å². The minimum atomic E-state index is -0.281. The molecule has 2 atom stereocenters. The molecule has 150 valence electrons. The summed E-state index contributed by atoms with van der Waals surface area (Å²) in [4.78, 5) is 13.5. The topological polar surface area (TPSA) is 41.1 Å². The highest BCUT2D eigenvalue weighted by Crippen LogP contribution is 2.45.